The summed E-state index contributed by atoms with van der Waals surface area (Å²) in [4.78, 5) is 21.0. The van der Waals surface area contributed by atoms with E-state index in [2.05, 4.69) is 117 Å². The summed E-state index contributed by atoms with van der Waals surface area (Å²) >= 11 is 12.0. The number of nitro benzene ring substituents is 2. The maximum absolute atomic E-state index is 11.4. The molecule has 0 saturated carbocycles. The van der Waals surface area contributed by atoms with E-state index in [1.165, 1.54) is 52.0 Å². The van der Waals surface area contributed by atoms with E-state index in [0.29, 0.717) is 27.0 Å². The molecule has 0 unspecified atom stereocenters. The summed E-state index contributed by atoms with van der Waals surface area (Å²) in [6.45, 7) is 0. The molecule has 0 aliphatic heterocycles. The summed E-state index contributed by atoms with van der Waals surface area (Å²) in [6, 6.07) is 55.8. The third-order valence-electron chi connectivity index (χ3n) is 9.92. The van der Waals surface area contributed by atoms with Gasteiger partial charge in [-0.15, -0.1) is 22.7 Å². The monoisotopic (exact) mass is 1090 g/mol. The number of rotatable bonds is 7. The van der Waals surface area contributed by atoms with Gasteiger partial charge in [-0.25, -0.2) is 0 Å². The van der Waals surface area contributed by atoms with Crippen molar-refractivity contribution in [1.29, 1.82) is 0 Å². The van der Waals surface area contributed by atoms with Crippen LogP contribution in [0.1, 0.15) is 0 Å². The van der Waals surface area contributed by atoms with Crippen LogP contribution in [-0.4, -0.2) is 22.6 Å². The molecule has 10 aromatic rings. The zero-order valence-corrected chi connectivity index (χ0v) is 39.0. The minimum absolute atomic E-state index is 0.0956. The van der Waals surface area contributed by atoms with Crippen LogP contribution in [0.3, 0.4) is 0 Å². The Labute approximate surface area is 394 Å². The molecule has 0 aliphatic carbocycles. The molecule has 2 aromatic heterocycles. The standard InChI is InChI=1S/C24H14BrNO2S.C18H12BO2S.C6H3BrINO2/c25-18-10-11-19(22(14-18)26(27)28)16-7-5-15(6-8-16)17-9-12-24-21(13-17)20-3-1-2-4-23(20)29-24;20-19-21-14-8-5-12(6-9-14)13-7-10-18-16(11-13)15-3-1-2-4-17(15)22-18;7-4-1-2-5(8)6(3-4)9(10)11/h1-14H;1-11,20H;1-3H. The maximum Gasteiger partial charge on any atom is 0.569 e. The zero-order chi connectivity index (χ0) is 43.3. The Hall–Kier alpha value is -5.49. The lowest BCUT2D eigenvalue weighted by molar-refractivity contribution is -0.385. The normalized spacial score (nSPS) is 10.8. The van der Waals surface area contributed by atoms with E-state index in [4.69, 9.17) is 9.68 Å². The van der Waals surface area contributed by atoms with Gasteiger partial charge in [-0.1, -0.05) is 117 Å². The summed E-state index contributed by atoms with van der Waals surface area (Å²) in [5.41, 5.74) is 6.21. The second kappa shape index (κ2) is 19.3. The molecule has 0 atom stereocenters. The fourth-order valence-electron chi connectivity index (χ4n) is 6.97. The second-order valence-electron chi connectivity index (χ2n) is 13.7. The number of nitro groups is 2. The van der Waals surface area contributed by atoms with Crippen LogP contribution in [0.25, 0.3) is 73.7 Å². The predicted molar refractivity (Wildman–Crippen MR) is 271 cm³/mol. The van der Waals surface area contributed by atoms with Gasteiger partial charge in [-0.3, -0.25) is 20.2 Å². The molecule has 10 rings (SSSR count). The molecule has 303 valence electrons. The highest BCUT2D eigenvalue weighted by Gasteiger charge is 2.16. The predicted octanol–water partition coefficient (Wildman–Crippen LogP) is 15.6. The van der Waals surface area contributed by atoms with E-state index in [1.807, 2.05) is 88.5 Å². The third-order valence-corrected chi connectivity index (χ3v) is 14.1. The highest BCUT2D eigenvalue weighted by Crippen LogP contribution is 2.39. The lowest BCUT2D eigenvalue weighted by Crippen LogP contribution is -1.99. The van der Waals surface area contributed by atoms with E-state index in [9.17, 15) is 20.2 Å². The fourth-order valence-corrected chi connectivity index (χ4v) is 10.4. The number of hydrogen-bond donors (Lipinski definition) is 1. The van der Waals surface area contributed by atoms with Crippen LogP contribution in [0.4, 0.5) is 11.4 Å². The van der Waals surface area contributed by atoms with Gasteiger partial charge in [0.15, 0.2) is 0 Å². The molecule has 1 N–H and O–H groups in total. The van der Waals surface area contributed by atoms with E-state index in [-0.39, 0.29) is 16.3 Å². The average Bonchev–Trinajstić information content (AvgIpc) is 3.86. The smallest absolute Gasteiger partial charge is 0.537 e. The highest BCUT2D eigenvalue weighted by molar-refractivity contribution is 14.1. The molecule has 0 fully saturated rings. The van der Waals surface area contributed by atoms with Crippen molar-refractivity contribution in [2.24, 2.45) is 0 Å². The molecule has 8 nitrogen and oxygen atoms in total. The average molecular weight is 1090 g/mol. The highest BCUT2D eigenvalue weighted by atomic mass is 127. The lowest BCUT2D eigenvalue weighted by atomic mass is 9.98. The molecule has 8 aromatic carbocycles. The summed E-state index contributed by atoms with van der Waals surface area (Å²) in [5.74, 6) is 0.619. The van der Waals surface area contributed by atoms with Gasteiger partial charge in [-0.05, 0) is 123 Å². The summed E-state index contributed by atoms with van der Waals surface area (Å²) in [5, 5.41) is 35.6. The van der Waals surface area contributed by atoms with Gasteiger partial charge in [0.1, 0.15) is 5.75 Å². The summed E-state index contributed by atoms with van der Waals surface area (Å²) < 4.78 is 12.2. The first-order valence-corrected chi connectivity index (χ1v) is 23.1. The third kappa shape index (κ3) is 9.60. The minimum Gasteiger partial charge on any atom is -0.537 e. The van der Waals surface area contributed by atoms with Crippen LogP contribution in [0.15, 0.2) is 179 Å². The molecule has 62 heavy (non-hydrogen) atoms. The first-order chi connectivity index (χ1) is 30.1. The zero-order valence-electron chi connectivity index (χ0n) is 32.1. The Kier molecular flexibility index (Phi) is 13.4. The molecular formula is C48H29BBr2IN2O6S2. The van der Waals surface area contributed by atoms with Crippen LogP contribution in [0, 0.1) is 23.8 Å². The topological polar surface area (TPSA) is 116 Å². The quantitative estimate of drug-likeness (QED) is 0.0736. The van der Waals surface area contributed by atoms with Gasteiger partial charge in [0, 0.05) is 61.4 Å². The molecule has 1 radical (unpaired) electrons. The van der Waals surface area contributed by atoms with Gasteiger partial charge >= 0.3 is 7.69 Å². The van der Waals surface area contributed by atoms with Crippen molar-refractivity contribution in [3.63, 3.8) is 0 Å². The maximum atomic E-state index is 11.4. The first kappa shape index (κ1) is 43.2. The Balaban J connectivity index is 0.000000141. The number of benzene rings is 8. The molecule has 0 spiro atoms. The molecule has 0 aliphatic rings. The van der Waals surface area contributed by atoms with Gasteiger partial charge in [0.2, 0.25) is 0 Å². The molecule has 0 amide bonds. The number of fused-ring (bicyclic) bond motifs is 6. The van der Waals surface area contributed by atoms with Crippen molar-refractivity contribution in [1.82, 2.24) is 0 Å². The van der Waals surface area contributed by atoms with Crippen LogP contribution >= 0.6 is 77.1 Å². The van der Waals surface area contributed by atoms with Gasteiger partial charge in [0.05, 0.1) is 19.0 Å². The Morgan fingerprint density at radius 2 is 0.935 bits per heavy atom. The largest absolute Gasteiger partial charge is 0.569 e. The molecule has 0 saturated heterocycles. The second-order valence-corrected chi connectivity index (χ2v) is 18.9. The van der Waals surface area contributed by atoms with E-state index in [0.717, 1.165) is 26.7 Å². The van der Waals surface area contributed by atoms with Crippen LogP contribution in [-0.2, 0) is 0 Å². The number of halogens is 3. The van der Waals surface area contributed by atoms with Crippen LogP contribution < -0.4 is 4.65 Å². The van der Waals surface area contributed by atoms with Crippen molar-refractivity contribution in [2.75, 3.05) is 0 Å². The first-order valence-electron chi connectivity index (χ1n) is 18.8. The van der Waals surface area contributed by atoms with Crippen LogP contribution in [0.5, 0.6) is 5.75 Å². The summed E-state index contributed by atoms with van der Waals surface area (Å²) in [7, 11) is 0.693. The molecule has 14 heteroatoms. The summed E-state index contributed by atoms with van der Waals surface area (Å²) in [6.07, 6.45) is 0. The molecule has 2 heterocycles. The Bertz CT molecular complexity index is 3270. The van der Waals surface area contributed by atoms with Crippen molar-refractivity contribution >= 4 is 137 Å². The number of thiophene rings is 2. The van der Waals surface area contributed by atoms with Crippen LogP contribution in [0.2, 0.25) is 0 Å². The van der Waals surface area contributed by atoms with Gasteiger partial charge in [-0.2, -0.15) is 0 Å². The number of hydrogen-bond acceptors (Lipinski definition) is 8. The van der Waals surface area contributed by atoms with E-state index in [1.54, 1.807) is 35.6 Å². The lowest BCUT2D eigenvalue weighted by Gasteiger charge is -2.07. The fraction of sp³-hybridized carbons (Fsp3) is 0. The van der Waals surface area contributed by atoms with Crippen molar-refractivity contribution in [3.8, 4) is 39.1 Å². The number of nitrogens with zero attached hydrogens (tertiary/aromatic N) is 2. The Morgan fingerprint density at radius 3 is 1.44 bits per heavy atom. The van der Waals surface area contributed by atoms with Crippen molar-refractivity contribution < 1.29 is 19.5 Å². The van der Waals surface area contributed by atoms with Crippen molar-refractivity contribution in [3.05, 3.63) is 203 Å². The Morgan fingerprint density at radius 1 is 0.500 bits per heavy atom. The van der Waals surface area contributed by atoms with E-state index >= 15 is 0 Å². The SMILES string of the molecule is O=[N+]([O-])c1cc(Br)ccc1-c1ccc(-c2ccc3sc4ccccc4c3c2)cc1.O=[N+]([O-])c1cc(Br)ccc1I.O[B]Oc1ccc(-c2ccc3sc4ccccc4c3c2)cc1. The molecule has 0 bridgehead atoms. The van der Waals surface area contributed by atoms with Gasteiger partial charge < -0.3 is 9.68 Å². The van der Waals surface area contributed by atoms with Gasteiger partial charge in [0.25, 0.3) is 11.4 Å². The minimum atomic E-state index is -0.396. The van der Waals surface area contributed by atoms with E-state index < -0.39 is 4.92 Å². The molecular weight excluding hydrogens is 1060 g/mol. The van der Waals surface area contributed by atoms with Crippen molar-refractivity contribution in [2.45, 2.75) is 0 Å².